The number of carbonyl (C=O) groups excluding carboxylic acids is 1. The van der Waals surface area contributed by atoms with Crippen molar-refractivity contribution >= 4 is 11.6 Å². The molecule has 3 N–H and O–H groups in total. The van der Waals surface area contributed by atoms with Crippen LogP contribution in [-0.4, -0.2) is 31.8 Å². The standard InChI is InChI=1S/C14H20N2O3/c1-10(11-5-6-18-8-11)16-12-3-2-4-13(7-12)19-9-14(15)17/h2-4,7,10-11,16H,5-6,8-9H2,1H3,(H2,15,17). The van der Waals surface area contributed by atoms with Crippen molar-refractivity contribution < 1.29 is 14.3 Å². The van der Waals surface area contributed by atoms with Crippen LogP contribution in [0.5, 0.6) is 5.75 Å². The average Bonchev–Trinajstić information content (AvgIpc) is 2.91. The van der Waals surface area contributed by atoms with Crippen LogP contribution in [0.25, 0.3) is 0 Å². The second kappa shape index (κ2) is 6.43. The van der Waals surface area contributed by atoms with Gasteiger partial charge in [-0.1, -0.05) is 6.07 Å². The maximum atomic E-state index is 10.7. The number of nitrogens with one attached hydrogen (secondary N) is 1. The Balaban J connectivity index is 1.92. The Morgan fingerprint density at radius 1 is 1.63 bits per heavy atom. The van der Waals surface area contributed by atoms with E-state index in [2.05, 4.69) is 12.2 Å². The topological polar surface area (TPSA) is 73.6 Å². The molecule has 0 aliphatic carbocycles. The first-order valence-electron chi connectivity index (χ1n) is 6.50. The minimum atomic E-state index is -0.477. The van der Waals surface area contributed by atoms with E-state index in [9.17, 15) is 4.79 Å². The summed E-state index contributed by atoms with van der Waals surface area (Å²) in [4.78, 5) is 10.7. The molecule has 5 nitrogen and oxygen atoms in total. The summed E-state index contributed by atoms with van der Waals surface area (Å²) in [6, 6.07) is 7.88. The molecule has 19 heavy (non-hydrogen) atoms. The molecule has 2 unspecified atom stereocenters. The van der Waals surface area contributed by atoms with Gasteiger partial charge in [-0.05, 0) is 25.5 Å². The van der Waals surface area contributed by atoms with Gasteiger partial charge in [0.2, 0.25) is 0 Å². The zero-order valence-electron chi connectivity index (χ0n) is 11.1. The van der Waals surface area contributed by atoms with Crippen LogP contribution in [0, 0.1) is 5.92 Å². The summed E-state index contributed by atoms with van der Waals surface area (Å²) < 4.78 is 10.7. The van der Waals surface area contributed by atoms with Gasteiger partial charge in [-0.15, -0.1) is 0 Å². The molecule has 1 aromatic carbocycles. The molecule has 1 aliphatic heterocycles. The number of nitrogens with two attached hydrogens (primary N) is 1. The lowest BCUT2D eigenvalue weighted by Crippen LogP contribution is -2.26. The van der Waals surface area contributed by atoms with Crippen molar-refractivity contribution in [1.29, 1.82) is 0 Å². The van der Waals surface area contributed by atoms with Crippen LogP contribution in [-0.2, 0) is 9.53 Å². The molecule has 0 radical (unpaired) electrons. The first-order chi connectivity index (χ1) is 9.15. The van der Waals surface area contributed by atoms with Crippen LogP contribution in [0.3, 0.4) is 0 Å². The van der Waals surface area contributed by atoms with Gasteiger partial charge in [0.1, 0.15) is 5.75 Å². The fraction of sp³-hybridized carbons (Fsp3) is 0.500. The largest absolute Gasteiger partial charge is 0.484 e. The minimum Gasteiger partial charge on any atom is -0.484 e. The smallest absolute Gasteiger partial charge is 0.255 e. The lowest BCUT2D eigenvalue weighted by Gasteiger charge is -2.20. The maximum Gasteiger partial charge on any atom is 0.255 e. The Morgan fingerprint density at radius 3 is 3.16 bits per heavy atom. The fourth-order valence-electron chi connectivity index (χ4n) is 2.16. The molecular formula is C14H20N2O3. The molecule has 1 fully saturated rings. The molecule has 2 atom stereocenters. The molecular weight excluding hydrogens is 244 g/mol. The molecule has 5 heteroatoms. The highest BCUT2D eigenvalue weighted by molar-refractivity contribution is 5.75. The van der Waals surface area contributed by atoms with Gasteiger partial charge < -0.3 is 20.5 Å². The highest BCUT2D eigenvalue weighted by Crippen LogP contribution is 2.22. The normalized spacial score (nSPS) is 19.9. The van der Waals surface area contributed by atoms with Crippen LogP contribution in [0.4, 0.5) is 5.69 Å². The molecule has 1 heterocycles. The number of carbonyl (C=O) groups is 1. The monoisotopic (exact) mass is 264 g/mol. The van der Waals surface area contributed by atoms with Crippen LogP contribution in [0.1, 0.15) is 13.3 Å². The van der Waals surface area contributed by atoms with Crippen molar-refractivity contribution in [2.45, 2.75) is 19.4 Å². The molecule has 1 aromatic rings. The number of hydrogen-bond donors (Lipinski definition) is 2. The number of anilines is 1. The van der Waals surface area contributed by atoms with E-state index in [0.717, 1.165) is 25.3 Å². The van der Waals surface area contributed by atoms with Crippen LogP contribution in [0.15, 0.2) is 24.3 Å². The highest BCUT2D eigenvalue weighted by atomic mass is 16.5. The van der Waals surface area contributed by atoms with E-state index in [1.807, 2.05) is 18.2 Å². The van der Waals surface area contributed by atoms with Crippen molar-refractivity contribution in [2.24, 2.45) is 11.7 Å². The summed E-state index contributed by atoms with van der Waals surface area (Å²) in [5, 5.41) is 3.44. The Bertz CT molecular complexity index is 430. The Morgan fingerprint density at radius 2 is 2.47 bits per heavy atom. The quantitative estimate of drug-likeness (QED) is 0.814. The first kappa shape index (κ1) is 13.7. The van der Waals surface area contributed by atoms with Gasteiger partial charge in [0, 0.05) is 30.3 Å². The van der Waals surface area contributed by atoms with E-state index in [-0.39, 0.29) is 6.61 Å². The molecule has 0 bridgehead atoms. The van der Waals surface area contributed by atoms with Gasteiger partial charge in [0.25, 0.3) is 5.91 Å². The third kappa shape index (κ3) is 4.13. The number of hydrogen-bond acceptors (Lipinski definition) is 4. The highest BCUT2D eigenvalue weighted by Gasteiger charge is 2.22. The number of primary amides is 1. The number of rotatable bonds is 6. The molecule has 0 aromatic heterocycles. The zero-order valence-corrected chi connectivity index (χ0v) is 11.1. The van der Waals surface area contributed by atoms with E-state index in [4.69, 9.17) is 15.2 Å². The van der Waals surface area contributed by atoms with Crippen LogP contribution in [0.2, 0.25) is 0 Å². The molecule has 1 amide bonds. The van der Waals surface area contributed by atoms with E-state index in [0.29, 0.717) is 17.7 Å². The predicted octanol–water partition coefficient (Wildman–Crippen LogP) is 1.39. The van der Waals surface area contributed by atoms with Crippen LogP contribution < -0.4 is 15.8 Å². The zero-order chi connectivity index (χ0) is 13.7. The average molecular weight is 264 g/mol. The summed E-state index contributed by atoms with van der Waals surface area (Å²) in [5.74, 6) is 0.698. The molecule has 1 saturated heterocycles. The minimum absolute atomic E-state index is 0.102. The number of ether oxygens (including phenoxy) is 2. The summed E-state index contributed by atoms with van der Waals surface area (Å²) in [6.45, 7) is 3.70. The van der Waals surface area contributed by atoms with Crippen molar-refractivity contribution in [3.8, 4) is 5.75 Å². The second-order valence-corrected chi connectivity index (χ2v) is 4.84. The van der Waals surface area contributed by atoms with E-state index in [1.54, 1.807) is 6.07 Å². The summed E-state index contributed by atoms with van der Waals surface area (Å²) >= 11 is 0. The van der Waals surface area contributed by atoms with Gasteiger partial charge in [0.05, 0.1) is 6.61 Å². The lowest BCUT2D eigenvalue weighted by atomic mass is 10.0. The van der Waals surface area contributed by atoms with Crippen molar-refractivity contribution in [3.05, 3.63) is 24.3 Å². The molecule has 0 spiro atoms. The number of amides is 1. The van der Waals surface area contributed by atoms with Gasteiger partial charge in [-0.3, -0.25) is 4.79 Å². The van der Waals surface area contributed by atoms with Gasteiger partial charge in [0.15, 0.2) is 6.61 Å². The molecule has 1 aliphatic rings. The first-order valence-corrected chi connectivity index (χ1v) is 6.50. The Hall–Kier alpha value is -1.75. The van der Waals surface area contributed by atoms with Crippen LogP contribution >= 0.6 is 0 Å². The fourth-order valence-corrected chi connectivity index (χ4v) is 2.16. The number of benzene rings is 1. The third-order valence-corrected chi connectivity index (χ3v) is 3.28. The predicted molar refractivity (Wildman–Crippen MR) is 73.1 cm³/mol. The summed E-state index contributed by atoms with van der Waals surface area (Å²) in [5.41, 5.74) is 6.02. The second-order valence-electron chi connectivity index (χ2n) is 4.84. The van der Waals surface area contributed by atoms with Crippen molar-refractivity contribution in [2.75, 3.05) is 25.1 Å². The summed E-state index contributed by atoms with van der Waals surface area (Å²) in [7, 11) is 0. The Labute approximate surface area is 113 Å². The van der Waals surface area contributed by atoms with Crippen molar-refractivity contribution in [1.82, 2.24) is 0 Å². The van der Waals surface area contributed by atoms with E-state index in [1.165, 1.54) is 0 Å². The molecule has 104 valence electrons. The Kier molecular flexibility index (Phi) is 4.63. The van der Waals surface area contributed by atoms with Gasteiger partial charge in [-0.25, -0.2) is 0 Å². The van der Waals surface area contributed by atoms with E-state index < -0.39 is 5.91 Å². The molecule has 0 saturated carbocycles. The summed E-state index contributed by atoms with van der Waals surface area (Å²) in [6.07, 6.45) is 1.09. The van der Waals surface area contributed by atoms with Crippen molar-refractivity contribution in [3.63, 3.8) is 0 Å². The van der Waals surface area contributed by atoms with E-state index >= 15 is 0 Å². The third-order valence-electron chi connectivity index (χ3n) is 3.28. The maximum absolute atomic E-state index is 10.7. The SMILES string of the molecule is CC(Nc1cccc(OCC(N)=O)c1)C1CCOC1. The van der Waals surface area contributed by atoms with Gasteiger partial charge >= 0.3 is 0 Å². The lowest BCUT2D eigenvalue weighted by molar-refractivity contribution is -0.119. The van der Waals surface area contributed by atoms with Gasteiger partial charge in [-0.2, -0.15) is 0 Å². The molecule has 2 rings (SSSR count).